The molecule has 66 valence electrons. The van der Waals surface area contributed by atoms with Crippen LogP contribution < -0.4 is 5.73 Å². The second kappa shape index (κ2) is 4.38. The number of rotatable bonds is 3. The van der Waals surface area contributed by atoms with Crippen LogP contribution in [0, 0.1) is 6.92 Å². The van der Waals surface area contributed by atoms with Crippen LogP contribution in [0.15, 0.2) is 29.2 Å². The van der Waals surface area contributed by atoms with E-state index in [1.165, 1.54) is 0 Å². The molecule has 12 heavy (non-hydrogen) atoms. The van der Waals surface area contributed by atoms with Gasteiger partial charge in [-0.15, -0.1) is 0 Å². The molecule has 0 aliphatic heterocycles. The lowest BCUT2D eigenvalue weighted by Gasteiger charge is -2.03. The van der Waals surface area contributed by atoms with Gasteiger partial charge in [0.05, 0.1) is 10.8 Å². The Morgan fingerprint density at radius 2 is 2.08 bits per heavy atom. The average molecular weight is 183 g/mol. The van der Waals surface area contributed by atoms with Crippen LogP contribution in [0.25, 0.3) is 0 Å². The highest BCUT2D eigenvalue weighted by molar-refractivity contribution is 7.85. The Balaban J connectivity index is 2.87. The fourth-order valence-electron chi connectivity index (χ4n) is 1.03. The molecule has 0 bridgehead atoms. The van der Waals surface area contributed by atoms with Gasteiger partial charge in [0.2, 0.25) is 0 Å². The van der Waals surface area contributed by atoms with Crippen molar-refractivity contribution in [3.8, 4) is 0 Å². The maximum atomic E-state index is 11.5. The highest BCUT2D eigenvalue weighted by Gasteiger charge is 2.03. The van der Waals surface area contributed by atoms with E-state index in [0.29, 0.717) is 12.3 Å². The Bertz CT molecular complexity index is 286. The molecule has 2 nitrogen and oxygen atoms in total. The fourth-order valence-corrected chi connectivity index (χ4v) is 2.12. The summed E-state index contributed by atoms with van der Waals surface area (Å²) in [5.74, 6) is 0.546. The molecule has 0 saturated carbocycles. The predicted octanol–water partition coefficient (Wildman–Crippen LogP) is 1.06. The molecule has 0 radical (unpaired) electrons. The summed E-state index contributed by atoms with van der Waals surface area (Å²) in [6.07, 6.45) is 0. The molecule has 0 aliphatic carbocycles. The van der Waals surface area contributed by atoms with E-state index in [4.69, 9.17) is 5.73 Å². The van der Waals surface area contributed by atoms with Gasteiger partial charge >= 0.3 is 0 Å². The van der Waals surface area contributed by atoms with Crippen molar-refractivity contribution in [1.29, 1.82) is 0 Å². The zero-order valence-electron chi connectivity index (χ0n) is 7.12. The molecule has 0 aromatic heterocycles. The van der Waals surface area contributed by atoms with Crippen molar-refractivity contribution in [2.75, 3.05) is 12.3 Å². The van der Waals surface area contributed by atoms with Gasteiger partial charge in [0.15, 0.2) is 0 Å². The molecule has 0 aliphatic rings. The molecule has 0 fully saturated rings. The molecule has 0 heterocycles. The highest BCUT2D eigenvalue weighted by atomic mass is 32.2. The highest BCUT2D eigenvalue weighted by Crippen LogP contribution is 2.11. The van der Waals surface area contributed by atoms with Crippen molar-refractivity contribution in [3.63, 3.8) is 0 Å². The lowest BCUT2D eigenvalue weighted by Crippen LogP contribution is -2.10. The van der Waals surface area contributed by atoms with Crippen molar-refractivity contribution in [2.45, 2.75) is 11.8 Å². The number of aryl methyl sites for hydroxylation is 1. The van der Waals surface area contributed by atoms with E-state index in [1.807, 2.05) is 31.2 Å². The van der Waals surface area contributed by atoms with Gasteiger partial charge in [-0.05, 0) is 18.6 Å². The first kappa shape index (κ1) is 9.42. The van der Waals surface area contributed by atoms with E-state index >= 15 is 0 Å². The first-order valence-electron chi connectivity index (χ1n) is 3.90. The van der Waals surface area contributed by atoms with Crippen molar-refractivity contribution in [2.24, 2.45) is 5.73 Å². The largest absolute Gasteiger partial charge is 0.330 e. The molecule has 1 unspecified atom stereocenters. The first-order valence-corrected chi connectivity index (χ1v) is 5.21. The normalized spacial score (nSPS) is 12.8. The van der Waals surface area contributed by atoms with Crippen LogP contribution in [0.2, 0.25) is 0 Å². The van der Waals surface area contributed by atoms with Gasteiger partial charge in [0.1, 0.15) is 0 Å². The SMILES string of the molecule is Cc1ccccc1S(=O)CCN. The quantitative estimate of drug-likeness (QED) is 0.761. The van der Waals surface area contributed by atoms with Gasteiger partial charge in [-0.2, -0.15) is 0 Å². The summed E-state index contributed by atoms with van der Waals surface area (Å²) < 4.78 is 11.5. The van der Waals surface area contributed by atoms with Crippen molar-refractivity contribution in [3.05, 3.63) is 29.8 Å². The zero-order chi connectivity index (χ0) is 8.97. The second-order valence-electron chi connectivity index (χ2n) is 2.60. The topological polar surface area (TPSA) is 43.1 Å². The average Bonchev–Trinajstić information content (AvgIpc) is 2.05. The lowest BCUT2D eigenvalue weighted by atomic mass is 10.2. The minimum atomic E-state index is -0.920. The summed E-state index contributed by atoms with van der Waals surface area (Å²) >= 11 is 0. The standard InChI is InChI=1S/C9H13NOS/c1-8-4-2-3-5-9(8)12(11)7-6-10/h2-5H,6-7,10H2,1H3. The van der Waals surface area contributed by atoms with Crippen LogP contribution in [0.5, 0.6) is 0 Å². The zero-order valence-corrected chi connectivity index (χ0v) is 7.93. The van der Waals surface area contributed by atoms with E-state index in [9.17, 15) is 4.21 Å². The minimum absolute atomic E-state index is 0.473. The maximum Gasteiger partial charge on any atom is 0.0544 e. The molecule has 0 spiro atoms. The molecule has 0 saturated heterocycles. The maximum absolute atomic E-state index is 11.5. The van der Waals surface area contributed by atoms with Crippen molar-refractivity contribution < 1.29 is 4.21 Å². The predicted molar refractivity (Wildman–Crippen MR) is 51.5 cm³/mol. The molecular formula is C9H13NOS. The van der Waals surface area contributed by atoms with Gasteiger partial charge in [0.25, 0.3) is 0 Å². The number of benzene rings is 1. The van der Waals surface area contributed by atoms with Crippen LogP contribution in [0.4, 0.5) is 0 Å². The monoisotopic (exact) mass is 183 g/mol. The second-order valence-corrected chi connectivity index (χ2v) is 4.14. The summed E-state index contributed by atoms with van der Waals surface area (Å²) in [6, 6.07) is 7.69. The number of hydrogen-bond acceptors (Lipinski definition) is 2. The first-order chi connectivity index (χ1) is 5.75. The number of hydrogen-bond donors (Lipinski definition) is 1. The van der Waals surface area contributed by atoms with Gasteiger partial charge in [0, 0.05) is 17.2 Å². The summed E-state index contributed by atoms with van der Waals surface area (Å²) in [6.45, 7) is 2.44. The Morgan fingerprint density at radius 3 is 2.67 bits per heavy atom. The fraction of sp³-hybridized carbons (Fsp3) is 0.333. The molecular weight excluding hydrogens is 170 g/mol. The molecule has 1 rings (SSSR count). The molecule has 1 aromatic carbocycles. The van der Waals surface area contributed by atoms with E-state index in [0.717, 1.165) is 10.5 Å². The summed E-state index contributed by atoms with van der Waals surface area (Å²) in [5, 5.41) is 0. The van der Waals surface area contributed by atoms with Crippen LogP contribution in [-0.2, 0) is 10.8 Å². The minimum Gasteiger partial charge on any atom is -0.330 e. The molecule has 1 aromatic rings. The van der Waals surface area contributed by atoms with Gasteiger partial charge in [-0.1, -0.05) is 18.2 Å². The van der Waals surface area contributed by atoms with Gasteiger partial charge in [-0.25, -0.2) is 0 Å². The Labute approximate surface area is 75.2 Å². The third kappa shape index (κ3) is 2.16. The molecule has 0 amide bonds. The van der Waals surface area contributed by atoms with E-state index in [2.05, 4.69) is 0 Å². The van der Waals surface area contributed by atoms with E-state index in [-0.39, 0.29) is 0 Å². The van der Waals surface area contributed by atoms with E-state index in [1.54, 1.807) is 0 Å². The third-order valence-electron chi connectivity index (χ3n) is 1.64. The van der Waals surface area contributed by atoms with Crippen molar-refractivity contribution >= 4 is 10.8 Å². The summed E-state index contributed by atoms with van der Waals surface area (Å²) in [4.78, 5) is 0.906. The van der Waals surface area contributed by atoms with Crippen LogP contribution in [-0.4, -0.2) is 16.5 Å². The van der Waals surface area contributed by atoms with Crippen molar-refractivity contribution in [1.82, 2.24) is 0 Å². The summed E-state index contributed by atoms with van der Waals surface area (Å²) in [7, 11) is -0.920. The Hall–Kier alpha value is -0.670. The van der Waals surface area contributed by atoms with Crippen LogP contribution in [0.1, 0.15) is 5.56 Å². The number of nitrogens with two attached hydrogens (primary N) is 1. The smallest absolute Gasteiger partial charge is 0.0544 e. The van der Waals surface area contributed by atoms with Gasteiger partial charge in [-0.3, -0.25) is 4.21 Å². The molecule has 2 N–H and O–H groups in total. The molecule has 1 atom stereocenters. The lowest BCUT2D eigenvalue weighted by molar-refractivity contribution is 0.682. The van der Waals surface area contributed by atoms with Gasteiger partial charge < -0.3 is 5.73 Å². The molecule has 3 heteroatoms. The Kier molecular flexibility index (Phi) is 3.44. The summed E-state index contributed by atoms with van der Waals surface area (Å²) in [5.41, 5.74) is 6.40. The van der Waals surface area contributed by atoms with Crippen LogP contribution in [0.3, 0.4) is 0 Å². The van der Waals surface area contributed by atoms with Crippen LogP contribution >= 0.6 is 0 Å². The van der Waals surface area contributed by atoms with E-state index < -0.39 is 10.8 Å². The third-order valence-corrected chi connectivity index (χ3v) is 3.20. The Morgan fingerprint density at radius 1 is 1.42 bits per heavy atom.